The van der Waals surface area contributed by atoms with Gasteiger partial charge in [0.1, 0.15) is 17.5 Å². The Morgan fingerprint density at radius 2 is 2.15 bits per heavy atom. The average molecular weight is 463 g/mol. The largest absolute Gasteiger partial charge is 0.404 e. The summed E-state index contributed by atoms with van der Waals surface area (Å²) in [5, 5.41) is 9.74. The van der Waals surface area contributed by atoms with E-state index in [2.05, 4.69) is 47.3 Å². The van der Waals surface area contributed by atoms with Gasteiger partial charge >= 0.3 is 0 Å². The number of nitriles is 1. The molecule has 0 saturated heterocycles. The second-order valence-corrected chi connectivity index (χ2v) is 9.28. The number of hydrogen-bond donors (Lipinski definition) is 2. The molecule has 0 spiro atoms. The Hall–Kier alpha value is -3.37. The van der Waals surface area contributed by atoms with Crippen LogP contribution in [-0.4, -0.2) is 15.5 Å². The summed E-state index contributed by atoms with van der Waals surface area (Å²) < 4.78 is 17.9. The van der Waals surface area contributed by atoms with Gasteiger partial charge in [-0.15, -0.1) is 0 Å². The molecule has 1 aliphatic rings. The van der Waals surface area contributed by atoms with Gasteiger partial charge in [-0.2, -0.15) is 5.26 Å². The van der Waals surface area contributed by atoms with Crippen LogP contribution in [0.5, 0.6) is 0 Å². The zero-order chi connectivity index (χ0) is 24.0. The van der Waals surface area contributed by atoms with Crippen LogP contribution in [0.4, 0.5) is 15.9 Å². The fraction of sp³-hybridized carbons (Fsp3) is 0.280. The summed E-state index contributed by atoms with van der Waals surface area (Å²) in [5.74, 6) is 0.230. The highest BCUT2D eigenvalue weighted by Crippen LogP contribution is 2.40. The summed E-state index contributed by atoms with van der Waals surface area (Å²) in [5.41, 5.74) is 11.6. The highest BCUT2D eigenvalue weighted by atomic mass is 32.2. The fourth-order valence-electron chi connectivity index (χ4n) is 3.20. The van der Waals surface area contributed by atoms with Crippen LogP contribution in [0.3, 0.4) is 0 Å². The predicted molar refractivity (Wildman–Crippen MR) is 133 cm³/mol. The third kappa shape index (κ3) is 5.91. The summed E-state index contributed by atoms with van der Waals surface area (Å²) in [6.07, 6.45) is 11.2. The molecule has 2 heterocycles. The van der Waals surface area contributed by atoms with E-state index in [9.17, 15) is 9.65 Å². The van der Waals surface area contributed by atoms with Crippen molar-refractivity contribution in [3.63, 3.8) is 0 Å². The molecule has 0 amide bonds. The van der Waals surface area contributed by atoms with Gasteiger partial charge in [0.25, 0.3) is 0 Å². The van der Waals surface area contributed by atoms with Crippen molar-refractivity contribution in [2.45, 2.75) is 46.1 Å². The number of aryl methyl sites for hydroxylation is 1. The number of nitrogens with zero attached hydrogens (tertiary/aromatic N) is 4. The fourth-order valence-corrected chi connectivity index (χ4v) is 3.85. The lowest BCUT2D eigenvalue weighted by Gasteiger charge is -2.29. The van der Waals surface area contributed by atoms with Crippen LogP contribution in [0.2, 0.25) is 0 Å². The second kappa shape index (κ2) is 10.5. The van der Waals surface area contributed by atoms with E-state index in [0.717, 1.165) is 4.91 Å². The first-order chi connectivity index (χ1) is 15.8. The maximum Gasteiger partial charge on any atom is 0.156 e. The van der Waals surface area contributed by atoms with Crippen molar-refractivity contribution in [2.75, 3.05) is 4.90 Å². The van der Waals surface area contributed by atoms with E-state index in [0.29, 0.717) is 41.2 Å². The van der Waals surface area contributed by atoms with E-state index >= 15 is 0 Å². The van der Waals surface area contributed by atoms with Gasteiger partial charge < -0.3 is 5.73 Å². The summed E-state index contributed by atoms with van der Waals surface area (Å²) in [6, 6.07) is 5.34. The quantitative estimate of drug-likeness (QED) is 0.319. The SMILES string of the molecule is CCc1cc2c(cc1F)C(C#N)=C=C(C/C=C\C(=C/N)SNC(C)(C)C)N2c1cnccn1. The highest BCUT2D eigenvalue weighted by molar-refractivity contribution is 8.01. The lowest BCUT2D eigenvalue weighted by molar-refractivity contribution is 0.536. The van der Waals surface area contributed by atoms with Crippen LogP contribution in [0, 0.1) is 17.1 Å². The van der Waals surface area contributed by atoms with Gasteiger partial charge in [-0.1, -0.05) is 18.7 Å². The molecule has 33 heavy (non-hydrogen) atoms. The van der Waals surface area contributed by atoms with E-state index in [1.807, 2.05) is 24.0 Å². The van der Waals surface area contributed by atoms with Crippen LogP contribution in [0.1, 0.15) is 45.2 Å². The third-order valence-electron chi connectivity index (χ3n) is 4.72. The molecule has 0 radical (unpaired) electrons. The number of nitrogens with one attached hydrogen (secondary N) is 1. The van der Waals surface area contributed by atoms with Gasteiger partial charge in [-0.05, 0) is 62.9 Å². The normalized spacial score (nSPS) is 14.1. The molecule has 170 valence electrons. The Balaban J connectivity index is 2.03. The molecule has 3 N–H and O–H groups in total. The second-order valence-electron chi connectivity index (χ2n) is 8.40. The average Bonchev–Trinajstić information content (AvgIpc) is 2.80. The smallest absolute Gasteiger partial charge is 0.156 e. The zero-order valence-corrected chi connectivity index (χ0v) is 20.0. The van der Waals surface area contributed by atoms with Crippen LogP contribution in [0.25, 0.3) is 5.57 Å². The monoisotopic (exact) mass is 462 g/mol. The van der Waals surface area contributed by atoms with Gasteiger partial charge in [0.2, 0.25) is 0 Å². The number of anilines is 2. The summed E-state index contributed by atoms with van der Waals surface area (Å²) >= 11 is 1.45. The van der Waals surface area contributed by atoms with Crippen LogP contribution in [0.15, 0.2) is 65.4 Å². The Labute approximate surface area is 198 Å². The van der Waals surface area contributed by atoms with Gasteiger partial charge in [-0.25, -0.2) is 9.37 Å². The Kier molecular flexibility index (Phi) is 7.72. The zero-order valence-electron chi connectivity index (χ0n) is 19.2. The van der Waals surface area contributed by atoms with Crippen molar-refractivity contribution in [1.82, 2.24) is 14.7 Å². The Bertz CT molecular complexity index is 1180. The first-order valence-electron chi connectivity index (χ1n) is 10.6. The van der Waals surface area contributed by atoms with Crippen molar-refractivity contribution in [2.24, 2.45) is 5.73 Å². The van der Waals surface area contributed by atoms with Gasteiger partial charge in [0.15, 0.2) is 5.82 Å². The molecule has 6 nitrogen and oxygen atoms in total. The standard InChI is InChI=1S/C25H27FN6S/c1-5-17-12-23-21(13-22(17)26)18(14-27)11-19(32(23)24-16-29-9-10-30-24)7-6-8-20(15-28)33-31-25(2,3)4/h6,8-10,12-13,15-16,31H,5,7,28H2,1-4H3/b8-6-,20-15+. The topological polar surface area (TPSA) is 90.9 Å². The van der Waals surface area contributed by atoms with E-state index in [-0.39, 0.29) is 16.9 Å². The Morgan fingerprint density at radius 3 is 2.76 bits per heavy atom. The number of allylic oxidation sites excluding steroid dienone is 2. The van der Waals surface area contributed by atoms with Crippen molar-refractivity contribution in [3.8, 4) is 6.07 Å². The van der Waals surface area contributed by atoms with E-state index in [4.69, 9.17) is 5.73 Å². The number of aromatic nitrogens is 2. The van der Waals surface area contributed by atoms with Crippen LogP contribution < -0.4 is 15.4 Å². The number of nitrogens with two attached hydrogens (primary N) is 1. The minimum atomic E-state index is -0.339. The molecule has 1 aliphatic heterocycles. The van der Waals surface area contributed by atoms with Gasteiger partial charge in [-0.3, -0.25) is 14.6 Å². The molecule has 0 unspecified atom stereocenters. The minimum absolute atomic E-state index is 0.0676. The van der Waals surface area contributed by atoms with Crippen molar-refractivity contribution in [3.05, 3.63) is 82.4 Å². The number of hydrogen-bond acceptors (Lipinski definition) is 7. The van der Waals surface area contributed by atoms with Crippen LogP contribution >= 0.6 is 11.9 Å². The molecule has 0 bridgehead atoms. The first-order valence-corrected chi connectivity index (χ1v) is 11.4. The number of halogens is 1. The van der Waals surface area contributed by atoms with Gasteiger partial charge in [0, 0.05) is 41.0 Å². The van der Waals surface area contributed by atoms with E-state index < -0.39 is 0 Å². The van der Waals surface area contributed by atoms with Crippen LogP contribution in [-0.2, 0) is 6.42 Å². The Morgan fingerprint density at radius 1 is 1.36 bits per heavy atom. The summed E-state index contributed by atoms with van der Waals surface area (Å²) in [4.78, 5) is 11.4. The van der Waals surface area contributed by atoms with Gasteiger partial charge in [0.05, 0.1) is 17.6 Å². The number of benzene rings is 1. The van der Waals surface area contributed by atoms with E-state index in [1.54, 1.807) is 24.7 Å². The number of rotatable bonds is 7. The summed E-state index contributed by atoms with van der Waals surface area (Å²) in [7, 11) is 0. The molecule has 0 aliphatic carbocycles. The molecule has 0 saturated carbocycles. The lowest BCUT2D eigenvalue weighted by Crippen LogP contribution is -2.29. The molecule has 3 rings (SSSR count). The molecule has 2 aromatic rings. The van der Waals surface area contributed by atoms with Crippen molar-refractivity contribution >= 4 is 29.0 Å². The first kappa shape index (κ1) is 24.3. The third-order valence-corrected chi connectivity index (χ3v) is 5.94. The number of fused-ring (bicyclic) bond motifs is 1. The molecular formula is C25H27FN6S. The van der Waals surface area contributed by atoms with Crippen molar-refractivity contribution < 1.29 is 4.39 Å². The highest BCUT2D eigenvalue weighted by Gasteiger charge is 2.26. The molecule has 1 aromatic heterocycles. The molecular weight excluding hydrogens is 435 g/mol. The van der Waals surface area contributed by atoms with Crippen molar-refractivity contribution in [1.29, 1.82) is 5.26 Å². The molecule has 0 atom stereocenters. The molecule has 0 fully saturated rings. The summed E-state index contributed by atoms with van der Waals surface area (Å²) in [6.45, 7) is 8.11. The molecule has 1 aromatic carbocycles. The minimum Gasteiger partial charge on any atom is -0.404 e. The molecule has 8 heteroatoms. The maximum absolute atomic E-state index is 14.6. The maximum atomic E-state index is 14.6. The van der Waals surface area contributed by atoms with E-state index in [1.165, 1.54) is 24.2 Å². The lowest BCUT2D eigenvalue weighted by atomic mass is 9.96. The predicted octanol–water partition coefficient (Wildman–Crippen LogP) is 5.50.